The molecular formula is C17H25N9O10P-. The number of carbonyl (C=O) groups is 1. The fraction of sp³-hybridized carbons (Fsp3) is 0.588. The Morgan fingerprint density at radius 3 is 2.86 bits per heavy atom. The molecular weight excluding hydrogens is 521 g/mol. The lowest BCUT2D eigenvalue weighted by atomic mass is 10.1. The number of aromatic amines is 1. The zero-order chi connectivity index (χ0) is 26.9. The highest BCUT2D eigenvalue weighted by Crippen LogP contribution is 2.43. The Morgan fingerprint density at radius 1 is 1.38 bits per heavy atom. The first kappa shape index (κ1) is 26.9. The van der Waals surface area contributed by atoms with Gasteiger partial charge >= 0.3 is 6.03 Å². The van der Waals surface area contributed by atoms with Crippen LogP contribution in [0.5, 0.6) is 0 Å². The van der Waals surface area contributed by atoms with Gasteiger partial charge in [0.1, 0.15) is 24.7 Å². The highest BCUT2D eigenvalue weighted by Gasteiger charge is 2.38. The summed E-state index contributed by atoms with van der Waals surface area (Å²) in [4.78, 5) is 49.6. The molecule has 2 aromatic rings. The van der Waals surface area contributed by atoms with Crippen molar-refractivity contribution < 1.29 is 43.0 Å². The van der Waals surface area contributed by atoms with E-state index in [9.17, 15) is 29.3 Å². The number of aromatic nitrogens is 4. The molecule has 2 amide bonds. The van der Waals surface area contributed by atoms with Crippen molar-refractivity contribution >= 4 is 36.9 Å². The Kier molecular flexibility index (Phi) is 7.76. The number of anilines is 1. The Balaban J connectivity index is 1.34. The standard InChI is InChI=1S/C17H26N9O10P/c18-15(19)25-17(30)22-10-2-8(7(28)3-33-10)36-37(31,32)34-4-9-6(27)1-11(35-9)26-5-21-12-13(26)23-16(20)24-14(12)29/h5-11,27-28H,1-4H2,(H,31,32)(H3,20,23,24,29)(H5,18,19,22,25,30)/p-1/t6-,7+,8-,9+,10-,11+/m0/s1. The average Bonchev–Trinajstić information content (AvgIpc) is 3.37. The number of hydrogen-bond donors (Lipinski definition) is 7. The largest absolute Gasteiger partial charge is 0.756 e. The Bertz CT molecular complexity index is 1280. The summed E-state index contributed by atoms with van der Waals surface area (Å²) < 4.78 is 34.5. The number of phosphoric acid groups is 1. The van der Waals surface area contributed by atoms with E-state index in [1.165, 1.54) is 10.9 Å². The number of guanidine groups is 1. The number of urea groups is 1. The summed E-state index contributed by atoms with van der Waals surface area (Å²) in [5.41, 5.74) is 15.4. The van der Waals surface area contributed by atoms with Crippen LogP contribution in [-0.2, 0) is 23.1 Å². The highest BCUT2D eigenvalue weighted by atomic mass is 31.2. The Morgan fingerprint density at radius 2 is 2.14 bits per heavy atom. The third kappa shape index (κ3) is 6.40. The first-order valence-corrected chi connectivity index (χ1v) is 12.3. The summed E-state index contributed by atoms with van der Waals surface area (Å²) in [6.45, 7) is -0.977. The third-order valence-electron chi connectivity index (χ3n) is 5.49. The van der Waals surface area contributed by atoms with E-state index in [4.69, 9.17) is 35.7 Å². The molecule has 0 aromatic carbocycles. The number of aliphatic hydroxyl groups is 2. The predicted molar refractivity (Wildman–Crippen MR) is 120 cm³/mol. The summed E-state index contributed by atoms with van der Waals surface area (Å²) in [6, 6.07) is -0.934. The molecule has 4 heterocycles. The van der Waals surface area contributed by atoms with Gasteiger partial charge in [-0.05, 0) is 0 Å². The van der Waals surface area contributed by atoms with E-state index < -0.39 is 68.9 Å². The number of nitrogens with zero attached hydrogens (tertiary/aromatic N) is 4. The van der Waals surface area contributed by atoms with Crippen molar-refractivity contribution in [2.45, 2.75) is 49.7 Å². The van der Waals surface area contributed by atoms with Crippen LogP contribution < -0.4 is 33.0 Å². The van der Waals surface area contributed by atoms with Crippen LogP contribution in [0.1, 0.15) is 19.1 Å². The van der Waals surface area contributed by atoms with Gasteiger partial charge in [0.15, 0.2) is 17.1 Å². The molecule has 37 heavy (non-hydrogen) atoms. The number of nitrogens with two attached hydrogens (primary N) is 3. The summed E-state index contributed by atoms with van der Waals surface area (Å²) >= 11 is 0. The molecule has 7 atom stereocenters. The van der Waals surface area contributed by atoms with E-state index in [1.54, 1.807) is 0 Å². The second-order valence-electron chi connectivity index (χ2n) is 8.21. The fourth-order valence-corrected chi connectivity index (χ4v) is 4.76. The summed E-state index contributed by atoms with van der Waals surface area (Å²) in [5, 5.41) is 22.7. The normalized spacial score (nSPS) is 29.6. The van der Waals surface area contributed by atoms with Gasteiger partial charge in [-0.25, -0.2) is 9.78 Å². The second-order valence-corrected chi connectivity index (χ2v) is 9.57. The maximum absolute atomic E-state index is 12.4. The number of aliphatic imine (C=N–C) groups is 1. The van der Waals surface area contributed by atoms with Crippen LogP contribution in [0.2, 0.25) is 0 Å². The fourth-order valence-electron chi connectivity index (χ4n) is 3.81. The van der Waals surface area contributed by atoms with Crippen LogP contribution in [0.25, 0.3) is 11.2 Å². The third-order valence-corrected chi connectivity index (χ3v) is 6.48. The number of H-pyrrole nitrogens is 1. The van der Waals surface area contributed by atoms with E-state index in [0.29, 0.717) is 0 Å². The number of fused-ring (bicyclic) bond motifs is 1. The van der Waals surface area contributed by atoms with Crippen molar-refractivity contribution in [1.82, 2.24) is 24.8 Å². The number of carbonyl (C=O) groups excluding carboxylic acids is 1. The topological polar surface area (TPSA) is 301 Å². The minimum absolute atomic E-state index is 0.00672. The van der Waals surface area contributed by atoms with Gasteiger partial charge in [0.05, 0.1) is 31.7 Å². The van der Waals surface area contributed by atoms with Gasteiger partial charge in [0, 0.05) is 12.8 Å². The lowest BCUT2D eigenvalue weighted by Gasteiger charge is -2.36. The van der Waals surface area contributed by atoms with Crippen molar-refractivity contribution in [3.63, 3.8) is 0 Å². The molecule has 2 fully saturated rings. The van der Waals surface area contributed by atoms with Gasteiger partial charge < -0.3 is 56.1 Å². The molecule has 2 saturated heterocycles. The molecule has 2 aliphatic heterocycles. The van der Waals surface area contributed by atoms with Crippen LogP contribution >= 0.6 is 7.82 Å². The molecule has 0 saturated carbocycles. The molecule has 10 N–H and O–H groups in total. The Hall–Kier alpha value is -3.16. The molecule has 204 valence electrons. The van der Waals surface area contributed by atoms with Gasteiger partial charge in [-0.15, -0.1) is 0 Å². The molecule has 1 unspecified atom stereocenters. The number of aliphatic hydroxyl groups excluding tert-OH is 2. The number of phosphoric ester groups is 1. The smallest absolute Gasteiger partial charge is 0.346 e. The van der Waals surface area contributed by atoms with Crippen LogP contribution in [0.15, 0.2) is 16.1 Å². The van der Waals surface area contributed by atoms with Crippen molar-refractivity contribution in [2.75, 3.05) is 18.9 Å². The SMILES string of the molecule is NC(N)=NC(=O)N[C@@H]1C[C@H](OP(=O)([O-])OC[C@H]2O[C@@H](n3cnc4c(=O)[nH]c(N)nc43)C[C@@H]2O)[C@H](O)CO1. The molecule has 0 spiro atoms. The highest BCUT2D eigenvalue weighted by molar-refractivity contribution is 7.45. The van der Waals surface area contributed by atoms with Gasteiger partial charge in [-0.3, -0.25) is 18.9 Å². The molecule has 0 radical (unpaired) electrons. The van der Waals surface area contributed by atoms with E-state index in [-0.39, 0.29) is 36.6 Å². The number of nitrogen functional groups attached to an aromatic ring is 1. The lowest BCUT2D eigenvalue weighted by molar-refractivity contribution is -0.241. The number of nitrogens with one attached hydrogen (secondary N) is 2. The maximum atomic E-state index is 12.4. The lowest BCUT2D eigenvalue weighted by Crippen LogP contribution is -2.49. The quantitative estimate of drug-likeness (QED) is 0.0998. The molecule has 20 heteroatoms. The summed E-state index contributed by atoms with van der Waals surface area (Å²) in [7, 11) is -5.02. The van der Waals surface area contributed by atoms with Crippen LogP contribution in [-0.4, -0.2) is 85.6 Å². The van der Waals surface area contributed by atoms with E-state index in [0.717, 1.165) is 0 Å². The number of hydrogen-bond acceptors (Lipinski definition) is 13. The van der Waals surface area contributed by atoms with Crippen molar-refractivity contribution in [3.8, 4) is 0 Å². The van der Waals surface area contributed by atoms with Crippen LogP contribution in [0.4, 0.5) is 10.7 Å². The van der Waals surface area contributed by atoms with Crippen molar-refractivity contribution in [2.24, 2.45) is 16.5 Å². The summed E-state index contributed by atoms with van der Waals surface area (Å²) in [6.07, 6.45) is -5.80. The Labute approximate surface area is 207 Å². The maximum Gasteiger partial charge on any atom is 0.346 e. The first-order chi connectivity index (χ1) is 17.4. The second kappa shape index (κ2) is 10.7. The molecule has 0 aliphatic carbocycles. The minimum Gasteiger partial charge on any atom is -0.756 e. The summed E-state index contributed by atoms with van der Waals surface area (Å²) in [5.74, 6) is -0.636. The molecule has 4 rings (SSSR count). The number of rotatable bonds is 7. The molecule has 2 aromatic heterocycles. The molecule has 0 bridgehead atoms. The van der Waals surface area contributed by atoms with Gasteiger partial charge in [-0.2, -0.15) is 9.98 Å². The van der Waals surface area contributed by atoms with Crippen LogP contribution in [0.3, 0.4) is 0 Å². The van der Waals surface area contributed by atoms with E-state index in [2.05, 4.69) is 25.3 Å². The number of ether oxygens (including phenoxy) is 2. The molecule has 19 nitrogen and oxygen atoms in total. The van der Waals surface area contributed by atoms with E-state index in [1.807, 2.05) is 0 Å². The number of amides is 2. The van der Waals surface area contributed by atoms with Crippen molar-refractivity contribution in [3.05, 3.63) is 16.7 Å². The first-order valence-electron chi connectivity index (χ1n) is 10.8. The van der Waals surface area contributed by atoms with Gasteiger partial charge in [0.25, 0.3) is 13.4 Å². The van der Waals surface area contributed by atoms with E-state index >= 15 is 0 Å². The minimum atomic E-state index is -5.02. The average molecular weight is 546 g/mol. The van der Waals surface area contributed by atoms with Gasteiger partial charge in [-0.1, -0.05) is 0 Å². The van der Waals surface area contributed by atoms with Crippen LogP contribution in [0, 0.1) is 0 Å². The monoisotopic (exact) mass is 546 g/mol. The number of imidazole rings is 1. The zero-order valence-corrected chi connectivity index (χ0v) is 19.9. The predicted octanol–water partition coefficient (Wildman–Crippen LogP) is -3.69. The molecule has 2 aliphatic rings. The zero-order valence-electron chi connectivity index (χ0n) is 19.0. The van der Waals surface area contributed by atoms with Gasteiger partial charge in [0.2, 0.25) is 5.95 Å². The van der Waals surface area contributed by atoms with Crippen molar-refractivity contribution in [1.29, 1.82) is 0 Å².